The van der Waals surface area contributed by atoms with Crippen LogP contribution in [0.4, 0.5) is 11.5 Å². The molecule has 158 valence electrons. The van der Waals surface area contributed by atoms with Crippen molar-refractivity contribution in [2.75, 3.05) is 24.1 Å². The van der Waals surface area contributed by atoms with Gasteiger partial charge in [-0.2, -0.15) is 5.10 Å². The lowest BCUT2D eigenvalue weighted by Crippen LogP contribution is -2.09. The van der Waals surface area contributed by atoms with Gasteiger partial charge in [0.25, 0.3) is 0 Å². The monoisotopic (exact) mass is 432 g/mol. The molecule has 0 saturated carbocycles. The Morgan fingerprint density at radius 2 is 1.77 bits per heavy atom. The molecule has 6 N–H and O–H groups in total. The number of nitrogens with zero attached hydrogens (tertiary/aromatic N) is 2. The number of hydrogen-bond acceptors (Lipinski definition) is 5. The van der Waals surface area contributed by atoms with E-state index in [1.54, 1.807) is 6.20 Å². The first kappa shape index (κ1) is 20.9. The molecule has 4 rings (SSSR count). The molecule has 6 nitrogen and oxygen atoms in total. The predicted molar refractivity (Wildman–Crippen MR) is 128 cm³/mol. The van der Waals surface area contributed by atoms with Crippen LogP contribution in [0.25, 0.3) is 22.4 Å². The van der Waals surface area contributed by atoms with Crippen LogP contribution >= 0.6 is 11.6 Å². The van der Waals surface area contributed by atoms with Crippen LogP contribution in [0.5, 0.6) is 0 Å². The summed E-state index contributed by atoms with van der Waals surface area (Å²) in [7, 11) is 0. The van der Waals surface area contributed by atoms with Gasteiger partial charge in [-0.1, -0.05) is 54.1 Å². The van der Waals surface area contributed by atoms with Gasteiger partial charge in [-0.25, -0.2) is 0 Å². The Balaban J connectivity index is 1.79. The smallest absolute Gasteiger partial charge is 0.156 e. The van der Waals surface area contributed by atoms with E-state index in [2.05, 4.69) is 32.6 Å². The van der Waals surface area contributed by atoms with E-state index < -0.39 is 0 Å². The van der Waals surface area contributed by atoms with Gasteiger partial charge < -0.3 is 16.8 Å². The number of pyridine rings is 1. The zero-order valence-corrected chi connectivity index (χ0v) is 17.9. The van der Waals surface area contributed by atoms with Crippen LogP contribution in [0, 0.1) is 0 Å². The van der Waals surface area contributed by atoms with E-state index in [0.29, 0.717) is 23.7 Å². The van der Waals surface area contributed by atoms with Crippen LogP contribution in [0.3, 0.4) is 0 Å². The van der Waals surface area contributed by atoms with E-state index in [0.717, 1.165) is 52.4 Å². The maximum atomic E-state index is 6.64. The molecule has 4 aromatic rings. The normalized spacial score (nSPS) is 10.9. The molecule has 2 aromatic carbocycles. The molecule has 2 heterocycles. The Morgan fingerprint density at radius 1 is 1.00 bits per heavy atom. The van der Waals surface area contributed by atoms with Gasteiger partial charge in [-0.15, -0.1) is 0 Å². The van der Waals surface area contributed by atoms with Crippen molar-refractivity contribution in [1.82, 2.24) is 15.2 Å². The first-order valence-corrected chi connectivity index (χ1v) is 10.6. The van der Waals surface area contributed by atoms with E-state index in [1.807, 2.05) is 48.5 Å². The van der Waals surface area contributed by atoms with E-state index >= 15 is 0 Å². The molecule has 0 spiro atoms. The first-order chi connectivity index (χ1) is 15.2. The third kappa shape index (κ3) is 4.71. The molecular weight excluding hydrogens is 408 g/mol. The number of nitrogens with two attached hydrogens (primary N) is 2. The highest BCUT2D eigenvalue weighted by Gasteiger charge is 2.20. The summed E-state index contributed by atoms with van der Waals surface area (Å²) in [4.78, 5) is 4.55. The number of nitrogen functional groups attached to an aromatic ring is 1. The Hall–Kier alpha value is -3.35. The number of nitrogens with one attached hydrogen (secondary N) is 2. The van der Waals surface area contributed by atoms with Gasteiger partial charge in [0.05, 0.1) is 22.6 Å². The fourth-order valence-electron chi connectivity index (χ4n) is 3.53. The SMILES string of the molecule is NCCCNc1n[nH]c(-c2ccc(Cl)cc2)c1-c1ccnc(Cc2ccccc2)c1N. The van der Waals surface area contributed by atoms with Gasteiger partial charge in [-0.05, 0) is 36.7 Å². The number of H-pyrrole nitrogens is 1. The summed E-state index contributed by atoms with van der Waals surface area (Å²) in [6.45, 7) is 1.33. The molecule has 7 heteroatoms. The summed E-state index contributed by atoms with van der Waals surface area (Å²) in [5.41, 5.74) is 18.6. The lowest BCUT2D eigenvalue weighted by Gasteiger charge is -2.13. The Bertz CT molecular complexity index is 1140. The summed E-state index contributed by atoms with van der Waals surface area (Å²) in [6, 6.07) is 19.8. The fourth-order valence-corrected chi connectivity index (χ4v) is 3.66. The molecule has 0 aliphatic rings. The second kappa shape index (κ2) is 9.64. The van der Waals surface area contributed by atoms with E-state index in [9.17, 15) is 0 Å². The molecule has 0 radical (unpaired) electrons. The first-order valence-electron chi connectivity index (χ1n) is 10.2. The molecule has 0 atom stereocenters. The average molecular weight is 433 g/mol. The van der Waals surface area contributed by atoms with Gasteiger partial charge in [0.1, 0.15) is 0 Å². The van der Waals surface area contributed by atoms with Gasteiger partial charge >= 0.3 is 0 Å². The number of hydrogen-bond donors (Lipinski definition) is 4. The molecule has 0 bridgehead atoms. The van der Waals surface area contributed by atoms with Crippen LogP contribution < -0.4 is 16.8 Å². The van der Waals surface area contributed by atoms with Crippen LogP contribution in [0.1, 0.15) is 17.7 Å². The maximum absolute atomic E-state index is 6.64. The highest BCUT2D eigenvalue weighted by molar-refractivity contribution is 6.30. The number of aromatic amines is 1. The second-order valence-corrected chi connectivity index (χ2v) is 7.72. The number of aromatic nitrogens is 3. The topological polar surface area (TPSA) is 106 Å². The van der Waals surface area contributed by atoms with E-state index in [4.69, 9.17) is 23.1 Å². The van der Waals surface area contributed by atoms with Gasteiger partial charge in [0, 0.05) is 35.3 Å². The summed E-state index contributed by atoms with van der Waals surface area (Å²) >= 11 is 6.09. The molecule has 0 aliphatic heterocycles. The molecule has 0 aliphatic carbocycles. The van der Waals surface area contributed by atoms with Crippen LogP contribution in [0.15, 0.2) is 66.9 Å². The largest absolute Gasteiger partial charge is 0.397 e. The molecule has 0 unspecified atom stereocenters. The van der Waals surface area contributed by atoms with Gasteiger partial charge in [0.2, 0.25) is 0 Å². The lowest BCUT2D eigenvalue weighted by atomic mass is 9.97. The molecule has 31 heavy (non-hydrogen) atoms. The molecular formula is C24H25ClN6. The van der Waals surface area contributed by atoms with E-state index in [1.165, 1.54) is 0 Å². The quantitative estimate of drug-likeness (QED) is 0.301. The van der Waals surface area contributed by atoms with Crippen molar-refractivity contribution in [3.05, 3.63) is 83.1 Å². The molecule has 0 fully saturated rings. The summed E-state index contributed by atoms with van der Waals surface area (Å²) in [5.74, 6) is 0.738. The predicted octanol–water partition coefficient (Wildman–Crippen LogP) is 4.73. The highest BCUT2D eigenvalue weighted by Crippen LogP contribution is 2.40. The maximum Gasteiger partial charge on any atom is 0.156 e. The zero-order chi connectivity index (χ0) is 21.6. The zero-order valence-electron chi connectivity index (χ0n) is 17.1. The van der Waals surface area contributed by atoms with Gasteiger partial charge in [0.15, 0.2) is 5.82 Å². The molecule has 0 saturated heterocycles. The standard InChI is InChI=1S/C24H25ClN6/c25-18-9-7-17(8-10-18)23-21(24(31-30-23)29-13-4-12-26)19-11-14-28-20(22(19)27)15-16-5-2-1-3-6-16/h1-3,5-11,14H,4,12-13,15,26-27H2,(H2,29,30,31). The van der Waals surface area contributed by atoms with Crippen molar-refractivity contribution in [3.63, 3.8) is 0 Å². The number of benzene rings is 2. The van der Waals surface area contributed by atoms with Crippen LogP contribution in [-0.2, 0) is 6.42 Å². The minimum Gasteiger partial charge on any atom is -0.397 e. The lowest BCUT2D eigenvalue weighted by molar-refractivity contribution is 0.868. The summed E-state index contributed by atoms with van der Waals surface area (Å²) in [6.07, 6.45) is 3.30. The average Bonchev–Trinajstić information content (AvgIpc) is 3.20. The highest BCUT2D eigenvalue weighted by atomic mass is 35.5. The molecule has 0 amide bonds. The minimum atomic E-state index is 0.607. The van der Waals surface area contributed by atoms with Crippen LogP contribution in [-0.4, -0.2) is 28.3 Å². The Labute approximate surface area is 186 Å². The Kier molecular flexibility index (Phi) is 6.50. The second-order valence-electron chi connectivity index (χ2n) is 7.28. The van der Waals surface area contributed by atoms with Crippen molar-refractivity contribution in [2.24, 2.45) is 5.73 Å². The third-order valence-electron chi connectivity index (χ3n) is 5.13. The van der Waals surface area contributed by atoms with Crippen LogP contribution in [0.2, 0.25) is 5.02 Å². The van der Waals surface area contributed by atoms with Crippen molar-refractivity contribution in [1.29, 1.82) is 0 Å². The summed E-state index contributed by atoms with van der Waals surface area (Å²) < 4.78 is 0. The fraction of sp³-hybridized carbons (Fsp3) is 0.167. The third-order valence-corrected chi connectivity index (χ3v) is 5.38. The van der Waals surface area contributed by atoms with Crippen molar-refractivity contribution in [2.45, 2.75) is 12.8 Å². The van der Waals surface area contributed by atoms with Gasteiger partial charge in [-0.3, -0.25) is 10.1 Å². The van der Waals surface area contributed by atoms with E-state index in [-0.39, 0.29) is 0 Å². The molecule has 2 aromatic heterocycles. The number of halogens is 1. The van der Waals surface area contributed by atoms with Crippen molar-refractivity contribution in [3.8, 4) is 22.4 Å². The number of rotatable bonds is 8. The number of anilines is 2. The summed E-state index contributed by atoms with van der Waals surface area (Å²) in [5, 5.41) is 11.8. The Morgan fingerprint density at radius 3 is 2.52 bits per heavy atom. The minimum absolute atomic E-state index is 0.607. The van der Waals surface area contributed by atoms with Crippen molar-refractivity contribution < 1.29 is 0 Å². The van der Waals surface area contributed by atoms with Crippen molar-refractivity contribution >= 4 is 23.1 Å².